The van der Waals surface area contributed by atoms with Crippen molar-refractivity contribution in [2.75, 3.05) is 13.4 Å². The summed E-state index contributed by atoms with van der Waals surface area (Å²) in [6, 6.07) is 10.3. The number of aromatic nitrogens is 2. The van der Waals surface area contributed by atoms with Crippen molar-refractivity contribution < 1.29 is 23.8 Å². The zero-order valence-electron chi connectivity index (χ0n) is 15.8. The summed E-state index contributed by atoms with van der Waals surface area (Å²) in [5.74, 6) is 0.339. The van der Waals surface area contributed by atoms with E-state index < -0.39 is 12.6 Å². The van der Waals surface area contributed by atoms with E-state index in [4.69, 9.17) is 25.8 Å². The smallest absolute Gasteiger partial charge is 0.357 e. The van der Waals surface area contributed by atoms with Crippen molar-refractivity contribution in [1.29, 1.82) is 0 Å². The fourth-order valence-electron chi connectivity index (χ4n) is 3.27. The Morgan fingerprint density at radius 1 is 1.14 bits per heavy atom. The van der Waals surface area contributed by atoms with Gasteiger partial charge in [-0.25, -0.2) is 9.78 Å². The summed E-state index contributed by atoms with van der Waals surface area (Å²) in [5, 5.41) is 0.366. The van der Waals surface area contributed by atoms with Crippen LogP contribution in [0.4, 0.5) is 0 Å². The molecule has 0 radical (unpaired) electrons. The number of rotatable bonds is 5. The van der Waals surface area contributed by atoms with Crippen molar-refractivity contribution >= 4 is 23.4 Å². The lowest BCUT2D eigenvalue weighted by atomic mass is 10.1. The highest BCUT2D eigenvalue weighted by molar-refractivity contribution is 6.30. The van der Waals surface area contributed by atoms with E-state index in [9.17, 15) is 9.59 Å². The van der Waals surface area contributed by atoms with E-state index in [1.165, 1.54) is 12.3 Å². The Morgan fingerprint density at radius 3 is 2.72 bits per heavy atom. The van der Waals surface area contributed by atoms with E-state index >= 15 is 0 Å². The molecular formula is C21H17ClN2O5. The average molecular weight is 413 g/mol. The minimum absolute atomic E-state index is 0.0520. The summed E-state index contributed by atoms with van der Waals surface area (Å²) in [6.07, 6.45) is 1.40. The first-order valence-electron chi connectivity index (χ1n) is 8.85. The number of carbonyl (C=O) groups is 2. The van der Waals surface area contributed by atoms with E-state index in [0.717, 1.165) is 17.1 Å². The van der Waals surface area contributed by atoms with Crippen molar-refractivity contribution in [3.8, 4) is 17.2 Å². The molecule has 0 bridgehead atoms. The molecule has 0 saturated carbocycles. The lowest BCUT2D eigenvalue weighted by Gasteiger charge is -2.11. The Kier molecular flexibility index (Phi) is 4.98. The van der Waals surface area contributed by atoms with Gasteiger partial charge in [0.15, 0.2) is 18.1 Å². The molecule has 2 aromatic heterocycles. The van der Waals surface area contributed by atoms with E-state index in [2.05, 4.69) is 4.98 Å². The Balaban J connectivity index is 1.53. The number of ether oxygens (including phenoxy) is 3. The molecule has 29 heavy (non-hydrogen) atoms. The van der Waals surface area contributed by atoms with Gasteiger partial charge in [0.05, 0.1) is 0 Å². The SMILES string of the molecule is Cc1cc(C(=O)COC(=O)c2cc(Cl)ccn2)c(C)n1-c1ccc2c(c1)OCO2. The standard InChI is InChI=1S/C21H17ClN2O5/c1-12-7-16(18(25)10-27-21(26)17-8-14(22)5-6-23-17)13(2)24(12)15-3-4-19-20(9-15)29-11-28-19/h3-9H,10-11H2,1-2H3. The summed E-state index contributed by atoms with van der Waals surface area (Å²) in [5.41, 5.74) is 2.99. The molecule has 148 valence electrons. The van der Waals surface area contributed by atoms with Gasteiger partial charge in [-0.2, -0.15) is 0 Å². The molecule has 0 saturated heterocycles. The summed E-state index contributed by atoms with van der Waals surface area (Å²) in [7, 11) is 0. The second kappa shape index (κ2) is 7.60. The number of halogens is 1. The number of carbonyl (C=O) groups excluding carboxylic acids is 2. The molecule has 1 aromatic carbocycles. The lowest BCUT2D eigenvalue weighted by molar-refractivity contribution is 0.0468. The van der Waals surface area contributed by atoms with Gasteiger partial charge in [-0.15, -0.1) is 0 Å². The second-order valence-electron chi connectivity index (χ2n) is 6.52. The Labute approximate surface area is 171 Å². The topological polar surface area (TPSA) is 79.7 Å². The number of pyridine rings is 1. The molecule has 0 fully saturated rings. The molecule has 1 aliphatic heterocycles. The third-order valence-corrected chi connectivity index (χ3v) is 4.85. The van der Waals surface area contributed by atoms with Gasteiger partial charge in [0.2, 0.25) is 12.6 Å². The molecule has 0 unspecified atom stereocenters. The third kappa shape index (κ3) is 3.69. The zero-order chi connectivity index (χ0) is 20.5. The van der Waals surface area contributed by atoms with Crippen LogP contribution in [0.15, 0.2) is 42.6 Å². The summed E-state index contributed by atoms with van der Waals surface area (Å²) in [6.45, 7) is 3.54. The van der Waals surface area contributed by atoms with Crippen LogP contribution in [0.1, 0.15) is 32.2 Å². The number of nitrogens with zero attached hydrogens (tertiary/aromatic N) is 2. The van der Waals surface area contributed by atoms with Gasteiger partial charge in [-0.3, -0.25) is 4.79 Å². The van der Waals surface area contributed by atoms with Crippen LogP contribution in [0.3, 0.4) is 0 Å². The second-order valence-corrected chi connectivity index (χ2v) is 6.95. The number of aryl methyl sites for hydroxylation is 1. The van der Waals surface area contributed by atoms with E-state index in [1.54, 1.807) is 12.1 Å². The van der Waals surface area contributed by atoms with Crippen LogP contribution in [0, 0.1) is 13.8 Å². The van der Waals surface area contributed by atoms with Gasteiger partial charge < -0.3 is 18.8 Å². The summed E-state index contributed by atoms with van der Waals surface area (Å²) < 4.78 is 17.8. The molecule has 0 atom stereocenters. The van der Waals surface area contributed by atoms with Crippen LogP contribution in [-0.2, 0) is 4.74 Å². The van der Waals surface area contributed by atoms with Gasteiger partial charge in [-0.05, 0) is 44.2 Å². The summed E-state index contributed by atoms with van der Waals surface area (Å²) >= 11 is 5.85. The van der Waals surface area contributed by atoms with Gasteiger partial charge >= 0.3 is 5.97 Å². The van der Waals surface area contributed by atoms with Crippen LogP contribution >= 0.6 is 11.6 Å². The molecular weight excluding hydrogens is 396 g/mol. The van der Waals surface area contributed by atoms with Crippen LogP contribution in [-0.4, -0.2) is 34.7 Å². The van der Waals surface area contributed by atoms with E-state index in [-0.39, 0.29) is 18.3 Å². The van der Waals surface area contributed by atoms with Crippen molar-refractivity contribution in [3.05, 3.63) is 70.3 Å². The maximum Gasteiger partial charge on any atom is 0.357 e. The number of hydrogen-bond donors (Lipinski definition) is 0. The number of fused-ring (bicyclic) bond motifs is 1. The Bertz CT molecular complexity index is 1120. The van der Waals surface area contributed by atoms with Crippen LogP contribution in [0.2, 0.25) is 5.02 Å². The quantitative estimate of drug-likeness (QED) is 0.467. The minimum Gasteiger partial charge on any atom is -0.454 e. The molecule has 0 amide bonds. The fourth-order valence-corrected chi connectivity index (χ4v) is 3.43. The molecule has 0 aliphatic carbocycles. The monoisotopic (exact) mass is 412 g/mol. The van der Waals surface area contributed by atoms with Crippen molar-refractivity contribution in [2.45, 2.75) is 13.8 Å². The molecule has 0 N–H and O–H groups in total. The maximum absolute atomic E-state index is 12.7. The largest absolute Gasteiger partial charge is 0.454 e. The lowest BCUT2D eigenvalue weighted by Crippen LogP contribution is -2.15. The normalized spacial score (nSPS) is 12.1. The minimum atomic E-state index is -0.703. The highest BCUT2D eigenvalue weighted by Crippen LogP contribution is 2.34. The highest BCUT2D eigenvalue weighted by atomic mass is 35.5. The molecule has 8 heteroatoms. The van der Waals surface area contributed by atoms with Crippen LogP contribution < -0.4 is 9.47 Å². The predicted octanol–water partition coefficient (Wildman–Crippen LogP) is 3.91. The first kappa shape index (κ1) is 19.0. The summed E-state index contributed by atoms with van der Waals surface area (Å²) in [4.78, 5) is 28.7. The van der Waals surface area contributed by atoms with Crippen molar-refractivity contribution in [3.63, 3.8) is 0 Å². The molecule has 4 rings (SSSR count). The number of hydrogen-bond acceptors (Lipinski definition) is 6. The van der Waals surface area contributed by atoms with Crippen LogP contribution in [0.5, 0.6) is 11.5 Å². The first-order chi connectivity index (χ1) is 13.9. The predicted molar refractivity (Wildman–Crippen MR) is 105 cm³/mol. The molecule has 1 aliphatic rings. The van der Waals surface area contributed by atoms with Crippen LogP contribution in [0.25, 0.3) is 5.69 Å². The molecule has 3 heterocycles. The Morgan fingerprint density at radius 2 is 1.93 bits per heavy atom. The average Bonchev–Trinajstić information content (AvgIpc) is 3.29. The van der Waals surface area contributed by atoms with E-state index in [0.29, 0.717) is 22.1 Å². The number of Topliss-reactive ketones (excluding diaryl/α,β-unsaturated/α-hetero) is 1. The molecule has 0 spiro atoms. The zero-order valence-corrected chi connectivity index (χ0v) is 16.5. The van der Waals surface area contributed by atoms with Gasteiger partial charge in [0, 0.05) is 39.9 Å². The number of benzene rings is 1. The fraction of sp³-hybridized carbons (Fsp3) is 0.190. The van der Waals surface area contributed by atoms with Gasteiger partial charge in [-0.1, -0.05) is 11.6 Å². The first-order valence-corrected chi connectivity index (χ1v) is 9.22. The third-order valence-electron chi connectivity index (χ3n) is 4.61. The van der Waals surface area contributed by atoms with Gasteiger partial charge in [0.25, 0.3) is 0 Å². The van der Waals surface area contributed by atoms with E-state index in [1.807, 2.05) is 36.6 Å². The maximum atomic E-state index is 12.7. The van der Waals surface area contributed by atoms with Crippen molar-refractivity contribution in [1.82, 2.24) is 9.55 Å². The Hall–Kier alpha value is -3.32. The highest BCUT2D eigenvalue weighted by Gasteiger charge is 2.21. The molecule has 7 nitrogen and oxygen atoms in total. The van der Waals surface area contributed by atoms with Crippen molar-refractivity contribution in [2.24, 2.45) is 0 Å². The molecule has 3 aromatic rings. The number of ketones is 1. The van der Waals surface area contributed by atoms with Gasteiger partial charge in [0.1, 0.15) is 5.69 Å². The number of esters is 1.